The van der Waals surface area contributed by atoms with Crippen LogP contribution >= 0.6 is 0 Å². The normalized spacial score (nSPS) is 15.4. The molecular weight excluding hydrogens is 374 g/mol. The number of amides is 1. The van der Waals surface area contributed by atoms with Gasteiger partial charge < -0.3 is 15.0 Å². The van der Waals surface area contributed by atoms with E-state index < -0.39 is 0 Å². The quantitative estimate of drug-likeness (QED) is 0.755. The minimum absolute atomic E-state index is 0.0890. The Labute approximate surface area is 179 Å². The van der Waals surface area contributed by atoms with Crippen LogP contribution in [0.2, 0.25) is 0 Å². The van der Waals surface area contributed by atoms with Crippen molar-refractivity contribution in [2.75, 3.05) is 25.5 Å². The van der Waals surface area contributed by atoms with Crippen molar-refractivity contribution in [2.45, 2.75) is 52.5 Å². The standard InChI is InChI=1S/C25H31N3O2/c1-7-30-22-12-19(16(2)3)18(13-26)11-20(22)24(29)27-21-10-8-9-17-14-28(6)15-25(4,5)23(17)21/h8-12,16H,7,14-15H2,1-6H3,(H,27,29). The zero-order valence-electron chi connectivity index (χ0n) is 18.8. The highest BCUT2D eigenvalue weighted by Gasteiger charge is 2.33. The van der Waals surface area contributed by atoms with Crippen LogP contribution in [0.5, 0.6) is 5.75 Å². The lowest BCUT2D eigenvalue weighted by atomic mass is 9.77. The van der Waals surface area contributed by atoms with Crippen molar-refractivity contribution in [3.05, 3.63) is 58.1 Å². The molecule has 0 bridgehead atoms. The average molecular weight is 406 g/mol. The number of likely N-dealkylation sites (N-methyl/N-ethyl adjacent to an activating group) is 1. The lowest BCUT2D eigenvalue weighted by molar-refractivity contribution is 0.102. The number of nitrogens with one attached hydrogen (secondary N) is 1. The van der Waals surface area contributed by atoms with Gasteiger partial charge in [0.25, 0.3) is 5.91 Å². The van der Waals surface area contributed by atoms with Crippen molar-refractivity contribution in [2.24, 2.45) is 0 Å². The highest BCUT2D eigenvalue weighted by molar-refractivity contribution is 6.07. The van der Waals surface area contributed by atoms with E-state index in [4.69, 9.17) is 4.74 Å². The second-order valence-corrected chi connectivity index (χ2v) is 8.99. The Morgan fingerprint density at radius 2 is 2.07 bits per heavy atom. The number of hydrogen-bond donors (Lipinski definition) is 1. The molecule has 0 aliphatic carbocycles. The summed E-state index contributed by atoms with van der Waals surface area (Å²) in [4.78, 5) is 15.6. The topological polar surface area (TPSA) is 65.4 Å². The van der Waals surface area contributed by atoms with Crippen molar-refractivity contribution >= 4 is 11.6 Å². The summed E-state index contributed by atoms with van der Waals surface area (Å²) < 4.78 is 5.78. The summed E-state index contributed by atoms with van der Waals surface area (Å²) in [6.45, 7) is 12.6. The number of carbonyl (C=O) groups excluding carboxylic acids is 1. The lowest BCUT2D eigenvalue weighted by Crippen LogP contribution is -2.40. The summed E-state index contributed by atoms with van der Waals surface area (Å²) in [7, 11) is 2.12. The Kier molecular flexibility index (Phi) is 6.19. The number of fused-ring (bicyclic) bond motifs is 1. The molecule has 2 aromatic carbocycles. The minimum atomic E-state index is -0.256. The van der Waals surface area contributed by atoms with Gasteiger partial charge in [0, 0.05) is 24.2 Å². The Morgan fingerprint density at radius 1 is 1.33 bits per heavy atom. The molecule has 5 heteroatoms. The molecule has 0 spiro atoms. The van der Waals surface area contributed by atoms with Crippen molar-refractivity contribution in [3.63, 3.8) is 0 Å². The van der Waals surface area contributed by atoms with Gasteiger partial charge in [0.05, 0.1) is 23.8 Å². The smallest absolute Gasteiger partial charge is 0.259 e. The molecule has 0 saturated heterocycles. The highest BCUT2D eigenvalue weighted by atomic mass is 16.5. The van der Waals surface area contributed by atoms with Crippen LogP contribution in [0.3, 0.4) is 0 Å². The van der Waals surface area contributed by atoms with Crippen molar-refractivity contribution < 1.29 is 9.53 Å². The molecule has 1 amide bonds. The molecule has 5 nitrogen and oxygen atoms in total. The second kappa shape index (κ2) is 8.49. The van der Waals surface area contributed by atoms with Crippen LogP contribution in [0, 0.1) is 11.3 Å². The maximum absolute atomic E-state index is 13.3. The molecule has 1 N–H and O–H groups in total. The van der Waals surface area contributed by atoms with E-state index in [0.717, 1.165) is 24.3 Å². The molecule has 3 rings (SSSR count). The number of carbonyl (C=O) groups is 1. The van der Waals surface area contributed by atoms with E-state index in [1.165, 1.54) is 11.1 Å². The van der Waals surface area contributed by atoms with E-state index in [2.05, 4.69) is 43.2 Å². The lowest BCUT2D eigenvalue weighted by Gasteiger charge is -2.39. The summed E-state index contributed by atoms with van der Waals surface area (Å²) in [5.74, 6) is 0.421. The van der Waals surface area contributed by atoms with Gasteiger partial charge in [-0.1, -0.05) is 39.8 Å². The SMILES string of the molecule is CCOc1cc(C(C)C)c(C#N)cc1C(=O)Nc1cccc2c1C(C)(C)CN(C)C2. The largest absolute Gasteiger partial charge is 0.493 e. The van der Waals surface area contributed by atoms with Gasteiger partial charge in [-0.15, -0.1) is 0 Å². The van der Waals surface area contributed by atoms with Crippen molar-refractivity contribution in [1.82, 2.24) is 4.90 Å². The molecule has 0 atom stereocenters. The first-order valence-electron chi connectivity index (χ1n) is 10.5. The van der Waals surface area contributed by atoms with E-state index in [1.807, 2.05) is 39.0 Å². The number of nitrogens with zero attached hydrogens (tertiary/aromatic N) is 2. The number of nitriles is 1. The molecule has 0 saturated carbocycles. The molecule has 30 heavy (non-hydrogen) atoms. The molecule has 2 aromatic rings. The maximum atomic E-state index is 13.3. The molecule has 1 aliphatic heterocycles. The fraction of sp³-hybridized carbons (Fsp3) is 0.440. The van der Waals surface area contributed by atoms with Crippen LogP contribution in [-0.4, -0.2) is 31.0 Å². The first-order valence-corrected chi connectivity index (χ1v) is 10.5. The summed E-state index contributed by atoms with van der Waals surface area (Å²) in [5, 5.41) is 12.7. The molecule has 1 aliphatic rings. The predicted octanol–water partition coefficient (Wildman–Crippen LogP) is 5.06. The van der Waals surface area contributed by atoms with Crippen molar-refractivity contribution in [1.29, 1.82) is 5.26 Å². The highest BCUT2D eigenvalue weighted by Crippen LogP contribution is 2.38. The Hall–Kier alpha value is -2.84. The Balaban J connectivity index is 2.04. The van der Waals surface area contributed by atoms with Gasteiger partial charge in [-0.2, -0.15) is 5.26 Å². The predicted molar refractivity (Wildman–Crippen MR) is 120 cm³/mol. The number of ether oxygens (including phenoxy) is 1. The van der Waals surface area contributed by atoms with E-state index >= 15 is 0 Å². The van der Waals surface area contributed by atoms with Crippen LogP contribution in [0.1, 0.15) is 73.1 Å². The summed E-state index contributed by atoms with van der Waals surface area (Å²) in [6.07, 6.45) is 0. The fourth-order valence-corrected chi connectivity index (χ4v) is 4.55. The Morgan fingerprint density at radius 3 is 2.70 bits per heavy atom. The second-order valence-electron chi connectivity index (χ2n) is 8.99. The fourth-order valence-electron chi connectivity index (χ4n) is 4.55. The van der Waals surface area contributed by atoms with E-state index in [-0.39, 0.29) is 17.2 Å². The molecule has 0 unspecified atom stereocenters. The first-order chi connectivity index (χ1) is 14.2. The van der Waals surface area contributed by atoms with Gasteiger partial charge in [-0.3, -0.25) is 4.79 Å². The zero-order chi connectivity index (χ0) is 22.1. The van der Waals surface area contributed by atoms with E-state index in [9.17, 15) is 10.1 Å². The number of hydrogen-bond acceptors (Lipinski definition) is 4. The van der Waals surface area contributed by atoms with Crippen LogP contribution in [0.15, 0.2) is 30.3 Å². The third-order valence-electron chi connectivity index (χ3n) is 5.62. The third kappa shape index (κ3) is 4.20. The van der Waals surface area contributed by atoms with E-state index in [1.54, 1.807) is 6.07 Å². The van der Waals surface area contributed by atoms with Crippen LogP contribution in [0.25, 0.3) is 0 Å². The minimum Gasteiger partial charge on any atom is -0.493 e. The number of benzene rings is 2. The number of rotatable bonds is 5. The molecule has 158 valence electrons. The molecule has 1 heterocycles. The van der Waals surface area contributed by atoms with Crippen LogP contribution < -0.4 is 10.1 Å². The van der Waals surface area contributed by atoms with Crippen LogP contribution in [-0.2, 0) is 12.0 Å². The van der Waals surface area contributed by atoms with E-state index in [0.29, 0.717) is 23.5 Å². The van der Waals surface area contributed by atoms with Gasteiger partial charge in [-0.25, -0.2) is 0 Å². The van der Waals surface area contributed by atoms with Gasteiger partial charge in [0.1, 0.15) is 5.75 Å². The monoisotopic (exact) mass is 405 g/mol. The van der Waals surface area contributed by atoms with Gasteiger partial charge in [-0.05, 0) is 54.8 Å². The molecule has 0 aromatic heterocycles. The molecule has 0 fully saturated rings. The molecular formula is C25H31N3O2. The zero-order valence-corrected chi connectivity index (χ0v) is 18.8. The first kappa shape index (κ1) is 21.9. The number of anilines is 1. The van der Waals surface area contributed by atoms with Gasteiger partial charge in [0.15, 0.2) is 0 Å². The third-order valence-corrected chi connectivity index (χ3v) is 5.62. The van der Waals surface area contributed by atoms with Gasteiger partial charge in [0.2, 0.25) is 0 Å². The summed E-state index contributed by atoms with van der Waals surface area (Å²) in [5.41, 5.74) is 4.92. The average Bonchev–Trinajstić information content (AvgIpc) is 2.66. The van der Waals surface area contributed by atoms with Gasteiger partial charge >= 0.3 is 0 Å². The Bertz CT molecular complexity index is 1000. The summed E-state index contributed by atoms with van der Waals surface area (Å²) >= 11 is 0. The maximum Gasteiger partial charge on any atom is 0.259 e. The molecule has 0 radical (unpaired) electrons. The summed E-state index contributed by atoms with van der Waals surface area (Å²) in [6, 6.07) is 11.8. The van der Waals surface area contributed by atoms with Crippen molar-refractivity contribution in [3.8, 4) is 11.8 Å². The van der Waals surface area contributed by atoms with Crippen LogP contribution in [0.4, 0.5) is 5.69 Å².